The normalized spacial score (nSPS) is 22.9. The first-order valence-corrected chi connectivity index (χ1v) is 9.80. The van der Waals surface area contributed by atoms with Crippen LogP contribution in [0, 0.1) is 0 Å². The van der Waals surface area contributed by atoms with Gasteiger partial charge in [0.05, 0.1) is 12.5 Å². The second-order valence-corrected chi connectivity index (χ2v) is 7.69. The molecule has 0 radical (unpaired) electrons. The summed E-state index contributed by atoms with van der Waals surface area (Å²) >= 11 is 0. The van der Waals surface area contributed by atoms with Crippen molar-refractivity contribution in [2.75, 3.05) is 19.6 Å². The van der Waals surface area contributed by atoms with E-state index in [1.807, 2.05) is 0 Å². The van der Waals surface area contributed by atoms with Crippen LogP contribution in [0.4, 0.5) is 0 Å². The quantitative estimate of drug-likeness (QED) is 0.896. The average molecular weight is 351 g/mol. The van der Waals surface area contributed by atoms with Gasteiger partial charge >= 0.3 is 0 Å². The van der Waals surface area contributed by atoms with E-state index in [2.05, 4.69) is 49.2 Å². The number of carbonyl (C=O) groups is 1. The second-order valence-electron chi connectivity index (χ2n) is 7.69. The maximum atomic E-state index is 13.1. The molecule has 1 saturated heterocycles. The number of aromatic nitrogens is 3. The van der Waals surface area contributed by atoms with Crippen LogP contribution in [0.1, 0.15) is 53.9 Å². The predicted molar refractivity (Wildman–Crippen MR) is 97.8 cm³/mol. The van der Waals surface area contributed by atoms with Crippen LogP contribution < -0.4 is 5.32 Å². The molecule has 1 aromatic heterocycles. The lowest BCUT2D eigenvalue weighted by Crippen LogP contribution is -2.41. The first kappa shape index (κ1) is 16.0. The minimum atomic E-state index is 0.0645. The minimum absolute atomic E-state index is 0.0645. The molecule has 3 aliphatic rings. The summed E-state index contributed by atoms with van der Waals surface area (Å²) in [6, 6.07) is 8.43. The second kappa shape index (κ2) is 6.50. The first-order chi connectivity index (χ1) is 12.8. The molecule has 1 fully saturated rings. The van der Waals surface area contributed by atoms with Gasteiger partial charge in [0.15, 0.2) is 0 Å². The van der Waals surface area contributed by atoms with Crippen molar-refractivity contribution in [3.8, 4) is 0 Å². The third-order valence-corrected chi connectivity index (χ3v) is 6.25. The summed E-state index contributed by atoms with van der Waals surface area (Å²) < 4.78 is 2.28. The molecule has 2 aromatic rings. The summed E-state index contributed by atoms with van der Waals surface area (Å²) in [5.74, 6) is 2.98. The molecule has 2 aliphatic heterocycles. The van der Waals surface area contributed by atoms with E-state index >= 15 is 0 Å². The van der Waals surface area contributed by atoms with E-state index in [9.17, 15) is 4.79 Å². The fourth-order valence-electron chi connectivity index (χ4n) is 4.81. The van der Waals surface area contributed by atoms with Gasteiger partial charge in [-0.3, -0.25) is 4.79 Å². The molecule has 1 atom stereocenters. The highest BCUT2D eigenvalue weighted by Crippen LogP contribution is 2.36. The van der Waals surface area contributed by atoms with Crippen molar-refractivity contribution in [1.82, 2.24) is 25.0 Å². The van der Waals surface area contributed by atoms with E-state index in [-0.39, 0.29) is 5.92 Å². The Labute approximate surface area is 153 Å². The standard InChI is InChI=1S/C20H25N5O/c26-20(17-6-5-14-3-1-2-4-16(14)17)24-10-7-15(8-11-24)19-23-22-18-13-21-9-12-25(18)19/h1-4,15,17,21H,5-13H2. The highest BCUT2D eigenvalue weighted by atomic mass is 16.2. The van der Waals surface area contributed by atoms with Crippen LogP contribution in [-0.4, -0.2) is 45.2 Å². The Morgan fingerprint density at radius 3 is 2.81 bits per heavy atom. The summed E-state index contributed by atoms with van der Waals surface area (Å²) in [5, 5.41) is 12.2. The van der Waals surface area contributed by atoms with Gasteiger partial charge in [-0.05, 0) is 36.8 Å². The molecule has 3 heterocycles. The van der Waals surface area contributed by atoms with Crippen molar-refractivity contribution in [2.24, 2.45) is 0 Å². The molecule has 136 valence electrons. The molecule has 0 bridgehead atoms. The lowest BCUT2D eigenvalue weighted by atomic mass is 9.93. The minimum Gasteiger partial charge on any atom is -0.342 e. The fourth-order valence-corrected chi connectivity index (χ4v) is 4.81. The van der Waals surface area contributed by atoms with Crippen molar-refractivity contribution in [1.29, 1.82) is 0 Å². The van der Waals surface area contributed by atoms with Crippen LogP contribution >= 0.6 is 0 Å². The molecule has 6 heteroatoms. The van der Waals surface area contributed by atoms with Crippen molar-refractivity contribution in [2.45, 2.75) is 50.6 Å². The number of amides is 1. The smallest absolute Gasteiger partial charge is 0.230 e. The number of rotatable bonds is 2. The molecule has 1 unspecified atom stereocenters. The summed E-state index contributed by atoms with van der Waals surface area (Å²) in [6.45, 7) is 4.42. The molecule has 1 N–H and O–H groups in total. The number of aryl methyl sites for hydroxylation is 1. The van der Waals surface area contributed by atoms with Crippen LogP contribution in [0.2, 0.25) is 0 Å². The maximum absolute atomic E-state index is 13.1. The number of nitrogens with one attached hydrogen (secondary N) is 1. The van der Waals surface area contributed by atoms with Gasteiger partial charge in [0, 0.05) is 32.1 Å². The zero-order valence-corrected chi connectivity index (χ0v) is 15.0. The van der Waals surface area contributed by atoms with Crippen molar-refractivity contribution >= 4 is 5.91 Å². The molecule has 26 heavy (non-hydrogen) atoms. The summed E-state index contributed by atoms with van der Waals surface area (Å²) in [7, 11) is 0. The molecule has 0 spiro atoms. The molecular weight excluding hydrogens is 326 g/mol. The predicted octanol–water partition coefficient (Wildman–Crippen LogP) is 1.82. The number of fused-ring (bicyclic) bond motifs is 2. The Morgan fingerprint density at radius 2 is 1.92 bits per heavy atom. The van der Waals surface area contributed by atoms with E-state index < -0.39 is 0 Å². The zero-order valence-electron chi connectivity index (χ0n) is 15.0. The number of likely N-dealkylation sites (tertiary alicyclic amines) is 1. The number of carbonyl (C=O) groups excluding carboxylic acids is 1. The van der Waals surface area contributed by atoms with Crippen LogP contribution in [0.15, 0.2) is 24.3 Å². The zero-order chi connectivity index (χ0) is 17.5. The van der Waals surface area contributed by atoms with Gasteiger partial charge in [-0.2, -0.15) is 0 Å². The number of piperidine rings is 1. The highest BCUT2D eigenvalue weighted by molar-refractivity contribution is 5.85. The summed E-state index contributed by atoms with van der Waals surface area (Å²) in [6.07, 6.45) is 3.98. The van der Waals surface area contributed by atoms with E-state index in [4.69, 9.17) is 0 Å². The van der Waals surface area contributed by atoms with Crippen molar-refractivity contribution in [3.05, 3.63) is 47.0 Å². The number of benzene rings is 1. The van der Waals surface area contributed by atoms with Gasteiger partial charge in [-0.15, -0.1) is 10.2 Å². The molecule has 1 aromatic carbocycles. The van der Waals surface area contributed by atoms with Crippen molar-refractivity contribution in [3.63, 3.8) is 0 Å². The Kier molecular flexibility index (Phi) is 4.00. The van der Waals surface area contributed by atoms with Gasteiger partial charge in [0.2, 0.25) is 5.91 Å². The van der Waals surface area contributed by atoms with Crippen LogP contribution in [0.3, 0.4) is 0 Å². The lowest BCUT2D eigenvalue weighted by molar-refractivity contribution is -0.133. The van der Waals surface area contributed by atoms with Gasteiger partial charge in [-0.1, -0.05) is 24.3 Å². The summed E-state index contributed by atoms with van der Waals surface area (Å²) in [4.78, 5) is 15.2. The van der Waals surface area contributed by atoms with E-state index in [0.717, 1.165) is 70.1 Å². The van der Waals surface area contributed by atoms with Gasteiger partial charge in [0.1, 0.15) is 11.6 Å². The molecule has 6 nitrogen and oxygen atoms in total. The first-order valence-electron chi connectivity index (χ1n) is 9.80. The molecule has 5 rings (SSSR count). The topological polar surface area (TPSA) is 63.1 Å². The molecule has 0 saturated carbocycles. The van der Waals surface area contributed by atoms with E-state index in [0.29, 0.717) is 11.8 Å². The van der Waals surface area contributed by atoms with Crippen molar-refractivity contribution < 1.29 is 4.79 Å². The number of hydrogen-bond donors (Lipinski definition) is 1. The SMILES string of the molecule is O=C(C1CCc2ccccc21)N1CCC(c2nnc3n2CCNC3)CC1. The fraction of sp³-hybridized carbons (Fsp3) is 0.550. The Balaban J connectivity index is 1.26. The van der Waals surface area contributed by atoms with Crippen LogP contribution in [-0.2, 0) is 24.3 Å². The third-order valence-electron chi connectivity index (χ3n) is 6.25. The third kappa shape index (κ3) is 2.63. The van der Waals surface area contributed by atoms with E-state index in [1.54, 1.807) is 0 Å². The van der Waals surface area contributed by atoms with Crippen LogP contribution in [0.25, 0.3) is 0 Å². The molecule has 1 aliphatic carbocycles. The monoisotopic (exact) mass is 351 g/mol. The Hall–Kier alpha value is -2.21. The number of hydrogen-bond acceptors (Lipinski definition) is 4. The maximum Gasteiger partial charge on any atom is 0.230 e. The number of nitrogens with zero attached hydrogens (tertiary/aromatic N) is 4. The Bertz CT molecular complexity index is 821. The van der Waals surface area contributed by atoms with Gasteiger partial charge < -0.3 is 14.8 Å². The average Bonchev–Trinajstić information content (AvgIpc) is 3.32. The highest BCUT2D eigenvalue weighted by Gasteiger charge is 2.34. The molecular formula is C20H25N5O. The lowest BCUT2D eigenvalue weighted by Gasteiger charge is -2.33. The van der Waals surface area contributed by atoms with Gasteiger partial charge in [0.25, 0.3) is 0 Å². The summed E-state index contributed by atoms with van der Waals surface area (Å²) in [5.41, 5.74) is 2.60. The van der Waals surface area contributed by atoms with E-state index in [1.165, 1.54) is 11.1 Å². The molecule has 1 amide bonds. The Morgan fingerprint density at radius 1 is 1.08 bits per heavy atom. The van der Waals surface area contributed by atoms with Crippen LogP contribution in [0.5, 0.6) is 0 Å². The van der Waals surface area contributed by atoms with Gasteiger partial charge in [-0.25, -0.2) is 0 Å². The largest absolute Gasteiger partial charge is 0.342 e.